The van der Waals surface area contributed by atoms with E-state index < -0.39 is 10.0 Å². The van der Waals surface area contributed by atoms with Crippen LogP contribution in [0.5, 0.6) is 0 Å². The second kappa shape index (κ2) is 6.77. The van der Waals surface area contributed by atoms with Crippen LogP contribution in [0.4, 0.5) is 5.82 Å². The van der Waals surface area contributed by atoms with E-state index in [1.807, 2.05) is 6.07 Å². The summed E-state index contributed by atoms with van der Waals surface area (Å²) in [6.45, 7) is 3.57. The molecule has 1 saturated carbocycles. The summed E-state index contributed by atoms with van der Waals surface area (Å²) < 4.78 is 26.6. The topological polar surface area (TPSA) is 53.5 Å². The zero-order chi connectivity index (χ0) is 16.4. The van der Waals surface area contributed by atoms with E-state index in [1.165, 1.54) is 31.9 Å². The van der Waals surface area contributed by atoms with E-state index in [-0.39, 0.29) is 0 Å². The molecule has 1 saturated heterocycles. The van der Waals surface area contributed by atoms with Crippen molar-refractivity contribution < 1.29 is 8.42 Å². The minimum atomic E-state index is -3.36. The summed E-state index contributed by atoms with van der Waals surface area (Å²) in [5.41, 5.74) is 0. The maximum atomic E-state index is 12.5. The van der Waals surface area contributed by atoms with E-state index in [0.29, 0.717) is 24.0 Å². The van der Waals surface area contributed by atoms with Crippen LogP contribution in [0.1, 0.15) is 45.4 Å². The molecule has 0 atom stereocenters. The number of pyridine rings is 1. The number of rotatable bonds is 4. The number of hydrogen-bond acceptors (Lipinski definition) is 4. The molecule has 0 spiro atoms. The van der Waals surface area contributed by atoms with Crippen molar-refractivity contribution in [1.29, 1.82) is 0 Å². The SMILES string of the molecule is CC1CCC(N(C)c2ccc(S(=O)(=O)N3CCCC3)cn2)CC1. The van der Waals surface area contributed by atoms with Gasteiger partial charge in [-0.15, -0.1) is 0 Å². The first-order chi connectivity index (χ1) is 11.0. The Kier molecular flexibility index (Phi) is 4.92. The summed E-state index contributed by atoms with van der Waals surface area (Å²) in [7, 11) is -1.29. The highest BCUT2D eigenvalue weighted by molar-refractivity contribution is 7.89. The Morgan fingerprint density at radius 1 is 1.13 bits per heavy atom. The fourth-order valence-electron chi connectivity index (χ4n) is 3.63. The van der Waals surface area contributed by atoms with Crippen LogP contribution < -0.4 is 4.90 Å². The second-order valence-corrected chi connectivity index (χ2v) is 8.93. The van der Waals surface area contributed by atoms with Crippen molar-refractivity contribution in [3.8, 4) is 0 Å². The van der Waals surface area contributed by atoms with Crippen molar-refractivity contribution in [1.82, 2.24) is 9.29 Å². The average molecular weight is 337 g/mol. The van der Waals surface area contributed by atoms with Gasteiger partial charge in [-0.1, -0.05) is 6.92 Å². The maximum absolute atomic E-state index is 12.5. The molecule has 1 aromatic rings. The highest BCUT2D eigenvalue weighted by Gasteiger charge is 2.28. The van der Waals surface area contributed by atoms with Crippen LogP contribution >= 0.6 is 0 Å². The summed E-state index contributed by atoms with van der Waals surface area (Å²) in [6.07, 6.45) is 8.32. The summed E-state index contributed by atoms with van der Waals surface area (Å²) in [4.78, 5) is 6.95. The van der Waals surface area contributed by atoms with Crippen LogP contribution in [-0.4, -0.2) is 43.9 Å². The van der Waals surface area contributed by atoms with E-state index >= 15 is 0 Å². The lowest BCUT2D eigenvalue weighted by molar-refractivity contribution is 0.340. The zero-order valence-electron chi connectivity index (χ0n) is 14.1. The molecule has 2 aliphatic rings. The van der Waals surface area contributed by atoms with Crippen LogP contribution in [0.3, 0.4) is 0 Å². The third-order valence-electron chi connectivity index (χ3n) is 5.32. The van der Waals surface area contributed by atoms with Crippen LogP contribution in [0, 0.1) is 5.92 Å². The lowest BCUT2D eigenvalue weighted by Gasteiger charge is -2.34. The molecule has 3 rings (SSSR count). The minimum absolute atomic E-state index is 0.314. The van der Waals surface area contributed by atoms with Crippen molar-refractivity contribution in [2.45, 2.75) is 56.4 Å². The normalized spacial score (nSPS) is 26.3. The van der Waals surface area contributed by atoms with Gasteiger partial charge in [-0.25, -0.2) is 13.4 Å². The van der Waals surface area contributed by atoms with Crippen molar-refractivity contribution in [3.63, 3.8) is 0 Å². The third kappa shape index (κ3) is 3.53. The van der Waals surface area contributed by atoms with Gasteiger partial charge in [0, 0.05) is 32.4 Å². The van der Waals surface area contributed by atoms with Gasteiger partial charge in [0.15, 0.2) is 0 Å². The largest absolute Gasteiger partial charge is 0.357 e. The number of nitrogens with zero attached hydrogens (tertiary/aromatic N) is 3. The summed E-state index contributed by atoms with van der Waals surface area (Å²) in [5.74, 6) is 1.69. The third-order valence-corrected chi connectivity index (χ3v) is 7.20. The first-order valence-corrected chi connectivity index (χ1v) is 10.1. The molecule has 0 amide bonds. The molecule has 0 aromatic carbocycles. The molecule has 1 aromatic heterocycles. The van der Waals surface area contributed by atoms with Gasteiger partial charge in [0.1, 0.15) is 10.7 Å². The van der Waals surface area contributed by atoms with Crippen molar-refractivity contribution in [3.05, 3.63) is 18.3 Å². The molecular weight excluding hydrogens is 310 g/mol. The Labute approximate surface area is 139 Å². The van der Waals surface area contributed by atoms with Crippen LogP contribution in [0.2, 0.25) is 0 Å². The first kappa shape index (κ1) is 16.7. The quantitative estimate of drug-likeness (QED) is 0.848. The second-order valence-electron chi connectivity index (χ2n) is 6.99. The summed E-state index contributed by atoms with van der Waals surface area (Å²) in [6, 6.07) is 4.07. The highest BCUT2D eigenvalue weighted by Crippen LogP contribution is 2.29. The molecular formula is C17H27N3O2S. The van der Waals surface area contributed by atoms with E-state index in [2.05, 4.69) is 23.9 Å². The van der Waals surface area contributed by atoms with E-state index in [9.17, 15) is 8.42 Å². The van der Waals surface area contributed by atoms with Crippen molar-refractivity contribution >= 4 is 15.8 Å². The Morgan fingerprint density at radius 3 is 2.35 bits per heavy atom. The Morgan fingerprint density at radius 2 is 1.78 bits per heavy atom. The fraction of sp³-hybridized carbons (Fsp3) is 0.706. The van der Waals surface area contributed by atoms with Gasteiger partial charge in [0.25, 0.3) is 0 Å². The van der Waals surface area contributed by atoms with E-state index in [0.717, 1.165) is 24.6 Å². The molecule has 0 N–H and O–H groups in total. The van der Waals surface area contributed by atoms with Crippen LogP contribution in [0.25, 0.3) is 0 Å². The number of anilines is 1. The van der Waals surface area contributed by atoms with Gasteiger partial charge in [0.2, 0.25) is 10.0 Å². The zero-order valence-corrected chi connectivity index (χ0v) is 14.9. The lowest BCUT2D eigenvalue weighted by Crippen LogP contribution is -2.35. The first-order valence-electron chi connectivity index (χ1n) is 8.67. The standard InChI is InChI=1S/C17H27N3O2S/c1-14-5-7-15(8-6-14)19(2)17-10-9-16(13-18-17)23(21,22)20-11-3-4-12-20/h9-10,13-15H,3-8,11-12H2,1-2H3. The van der Waals surface area contributed by atoms with Crippen molar-refractivity contribution in [2.75, 3.05) is 25.0 Å². The number of sulfonamides is 1. The van der Waals surface area contributed by atoms with Gasteiger partial charge in [0.05, 0.1) is 0 Å². The molecule has 6 heteroatoms. The van der Waals surface area contributed by atoms with Crippen LogP contribution in [-0.2, 0) is 10.0 Å². The minimum Gasteiger partial charge on any atom is -0.357 e. The summed E-state index contributed by atoms with van der Waals surface area (Å²) in [5, 5.41) is 0. The van der Waals surface area contributed by atoms with Gasteiger partial charge in [-0.05, 0) is 56.6 Å². The summed E-state index contributed by atoms with van der Waals surface area (Å²) >= 11 is 0. The maximum Gasteiger partial charge on any atom is 0.244 e. The predicted molar refractivity (Wildman–Crippen MR) is 92.1 cm³/mol. The number of hydrogen-bond donors (Lipinski definition) is 0. The van der Waals surface area contributed by atoms with Crippen molar-refractivity contribution in [2.24, 2.45) is 5.92 Å². The molecule has 23 heavy (non-hydrogen) atoms. The Balaban J connectivity index is 1.71. The molecule has 0 bridgehead atoms. The molecule has 1 aliphatic carbocycles. The van der Waals surface area contributed by atoms with E-state index in [4.69, 9.17) is 0 Å². The molecule has 2 heterocycles. The molecule has 2 fully saturated rings. The Bertz CT molecular complexity index is 616. The molecule has 0 unspecified atom stereocenters. The highest BCUT2D eigenvalue weighted by atomic mass is 32.2. The van der Waals surface area contributed by atoms with Gasteiger partial charge >= 0.3 is 0 Å². The average Bonchev–Trinajstić information content (AvgIpc) is 3.10. The number of aromatic nitrogens is 1. The smallest absolute Gasteiger partial charge is 0.244 e. The van der Waals surface area contributed by atoms with Gasteiger partial charge in [-0.2, -0.15) is 4.31 Å². The van der Waals surface area contributed by atoms with E-state index in [1.54, 1.807) is 10.4 Å². The van der Waals surface area contributed by atoms with Gasteiger partial charge in [-0.3, -0.25) is 0 Å². The fourth-order valence-corrected chi connectivity index (χ4v) is 5.09. The molecule has 128 valence electrons. The monoisotopic (exact) mass is 337 g/mol. The lowest BCUT2D eigenvalue weighted by atomic mass is 9.87. The Hall–Kier alpha value is -1.14. The molecule has 1 aliphatic heterocycles. The van der Waals surface area contributed by atoms with Crippen LogP contribution in [0.15, 0.2) is 23.2 Å². The molecule has 5 nitrogen and oxygen atoms in total. The predicted octanol–water partition coefficient (Wildman–Crippen LogP) is 2.88. The van der Waals surface area contributed by atoms with Gasteiger partial charge < -0.3 is 4.90 Å². The molecule has 0 radical (unpaired) electrons.